The van der Waals surface area contributed by atoms with Gasteiger partial charge in [0.25, 0.3) is 0 Å². The van der Waals surface area contributed by atoms with Gasteiger partial charge < -0.3 is 15.0 Å². The maximum atomic E-state index is 12.4. The van der Waals surface area contributed by atoms with Crippen molar-refractivity contribution in [2.24, 2.45) is 0 Å². The van der Waals surface area contributed by atoms with Crippen LogP contribution in [-0.2, 0) is 11.2 Å². The first kappa shape index (κ1) is 14.9. The molecular formula is C16H24N2O2. The maximum absolute atomic E-state index is 12.4. The van der Waals surface area contributed by atoms with Crippen molar-refractivity contribution in [2.45, 2.75) is 32.2 Å². The number of benzene rings is 1. The van der Waals surface area contributed by atoms with E-state index in [-0.39, 0.29) is 5.91 Å². The van der Waals surface area contributed by atoms with E-state index in [9.17, 15) is 4.79 Å². The summed E-state index contributed by atoms with van der Waals surface area (Å²) in [5, 5.41) is 3.26. The van der Waals surface area contributed by atoms with E-state index in [1.165, 1.54) is 0 Å². The average Bonchev–Trinajstić information content (AvgIpc) is 2.49. The van der Waals surface area contributed by atoms with Crippen LogP contribution in [0.4, 0.5) is 0 Å². The molecular weight excluding hydrogens is 252 g/mol. The molecule has 0 aromatic heterocycles. The smallest absolute Gasteiger partial charge is 0.227 e. The fourth-order valence-electron chi connectivity index (χ4n) is 2.70. The van der Waals surface area contributed by atoms with Gasteiger partial charge >= 0.3 is 0 Å². The maximum Gasteiger partial charge on any atom is 0.227 e. The largest absolute Gasteiger partial charge is 0.496 e. The molecule has 1 amide bonds. The van der Waals surface area contributed by atoms with Crippen molar-refractivity contribution in [1.29, 1.82) is 0 Å². The Hall–Kier alpha value is -1.55. The second kappa shape index (κ2) is 6.75. The first-order valence-electron chi connectivity index (χ1n) is 7.22. The Labute approximate surface area is 121 Å². The van der Waals surface area contributed by atoms with Crippen LogP contribution in [0.15, 0.2) is 18.2 Å². The standard InChI is InChI=1S/C16H24N2O2/c1-12-6-7-13(9-15(12)20-3)10-16(19)18-8-4-5-14(11-18)17-2/h6-7,9,14,17H,4-5,8,10-11H2,1-3H3. The van der Waals surface area contributed by atoms with Crippen molar-refractivity contribution in [3.8, 4) is 5.75 Å². The van der Waals surface area contributed by atoms with Crippen molar-refractivity contribution < 1.29 is 9.53 Å². The van der Waals surface area contributed by atoms with E-state index in [1.807, 2.05) is 37.1 Å². The SMILES string of the molecule is CNC1CCCN(C(=O)Cc2ccc(C)c(OC)c2)C1. The summed E-state index contributed by atoms with van der Waals surface area (Å²) in [7, 11) is 3.62. The fourth-order valence-corrected chi connectivity index (χ4v) is 2.70. The lowest BCUT2D eigenvalue weighted by atomic mass is 10.0. The van der Waals surface area contributed by atoms with Gasteiger partial charge in [-0.3, -0.25) is 4.79 Å². The summed E-state index contributed by atoms with van der Waals surface area (Å²) < 4.78 is 5.31. The van der Waals surface area contributed by atoms with Crippen LogP contribution in [0.5, 0.6) is 5.75 Å². The lowest BCUT2D eigenvalue weighted by Crippen LogP contribution is -2.47. The van der Waals surface area contributed by atoms with Crippen LogP contribution in [-0.4, -0.2) is 44.1 Å². The number of likely N-dealkylation sites (tertiary alicyclic amines) is 1. The Bertz CT molecular complexity index is 474. The second-order valence-electron chi connectivity index (χ2n) is 5.45. The van der Waals surface area contributed by atoms with Gasteiger partial charge in [0, 0.05) is 19.1 Å². The van der Waals surface area contributed by atoms with Gasteiger partial charge in [0.05, 0.1) is 13.5 Å². The molecule has 4 heteroatoms. The average molecular weight is 276 g/mol. The van der Waals surface area contributed by atoms with Gasteiger partial charge in [-0.25, -0.2) is 0 Å². The number of nitrogens with one attached hydrogen (secondary N) is 1. The lowest BCUT2D eigenvalue weighted by molar-refractivity contribution is -0.131. The molecule has 0 bridgehead atoms. The topological polar surface area (TPSA) is 41.6 Å². The molecule has 4 nitrogen and oxygen atoms in total. The predicted octanol–water partition coefficient (Wildman–Crippen LogP) is 1.76. The number of amides is 1. The summed E-state index contributed by atoms with van der Waals surface area (Å²) in [6.07, 6.45) is 2.68. The van der Waals surface area contributed by atoms with Crippen LogP contribution in [0.1, 0.15) is 24.0 Å². The normalized spacial score (nSPS) is 18.9. The van der Waals surface area contributed by atoms with Crippen molar-refractivity contribution in [2.75, 3.05) is 27.2 Å². The van der Waals surface area contributed by atoms with Crippen LogP contribution in [0, 0.1) is 6.92 Å². The summed E-state index contributed by atoms with van der Waals surface area (Å²) in [6, 6.07) is 6.41. The highest BCUT2D eigenvalue weighted by Gasteiger charge is 2.22. The molecule has 1 atom stereocenters. The highest BCUT2D eigenvalue weighted by molar-refractivity contribution is 5.79. The van der Waals surface area contributed by atoms with Crippen molar-refractivity contribution in [3.63, 3.8) is 0 Å². The molecule has 0 aliphatic carbocycles. The van der Waals surface area contributed by atoms with E-state index in [0.29, 0.717) is 12.5 Å². The number of ether oxygens (including phenoxy) is 1. The van der Waals surface area contributed by atoms with Crippen LogP contribution < -0.4 is 10.1 Å². The number of likely N-dealkylation sites (N-methyl/N-ethyl adjacent to an activating group) is 1. The van der Waals surface area contributed by atoms with Gasteiger partial charge in [0.1, 0.15) is 5.75 Å². The van der Waals surface area contributed by atoms with E-state index in [4.69, 9.17) is 4.74 Å². The lowest BCUT2D eigenvalue weighted by Gasteiger charge is -2.32. The molecule has 1 aromatic rings. The molecule has 1 heterocycles. The number of aryl methyl sites for hydroxylation is 1. The van der Waals surface area contributed by atoms with Gasteiger partial charge in [-0.05, 0) is 44.0 Å². The molecule has 1 fully saturated rings. The van der Waals surface area contributed by atoms with Crippen LogP contribution >= 0.6 is 0 Å². The van der Waals surface area contributed by atoms with Crippen molar-refractivity contribution in [3.05, 3.63) is 29.3 Å². The molecule has 20 heavy (non-hydrogen) atoms. The van der Waals surface area contributed by atoms with Gasteiger partial charge in [-0.1, -0.05) is 12.1 Å². The van der Waals surface area contributed by atoms with Crippen LogP contribution in [0.25, 0.3) is 0 Å². The Kier molecular flexibility index (Phi) is 5.01. The number of methoxy groups -OCH3 is 1. The van der Waals surface area contributed by atoms with Crippen molar-refractivity contribution in [1.82, 2.24) is 10.2 Å². The van der Waals surface area contributed by atoms with Crippen molar-refractivity contribution >= 4 is 5.91 Å². The molecule has 1 N–H and O–H groups in total. The highest BCUT2D eigenvalue weighted by Crippen LogP contribution is 2.20. The molecule has 0 radical (unpaired) electrons. The molecule has 0 saturated carbocycles. The first-order valence-corrected chi connectivity index (χ1v) is 7.22. The van der Waals surface area contributed by atoms with E-state index >= 15 is 0 Å². The number of carbonyl (C=O) groups excluding carboxylic acids is 1. The van der Waals surface area contributed by atoms with Gasteiger partial charge in [-0.2, -0.15) is 0 Å². The Balaban J connectivity index is 2.00. The number of piperidine rings is 1. The summed E-state index contributed by atoms with van der Waals surface area (Å²) in [5.74, 6) is 1.05. The third-order valence-corrected chi connectivity index (χ3v) is 4.01. The van der Waals surface area contributed by atoms with E-state index < -0.39 is 0 Å². The quantitative estimate of drug-likeness (QED) is 0.911. The van der Waals surface area contributed by atoms with Gasteiger partial charge in [0.15, 0.2) is 0 Å². The second-order valence-corrected chi connectivity index (χ2v) is 5.45. The first-order chi connectivity index (χ1) is 9.63. The zero-order chi connectivity index (χ0) is 14.5. The third-order valence-electron chi connectivity index (χ3n) is 4.01. The Morgan fingerprint density at radius 1 is 1.50 bits per heavy atom. The number of rotatable bonds is 4. The Morgan fingerprint density at radius 2 is 2.30 bits per heavy atom. The molecule has 1 saturated heterocycles. The molecule has 2 rings (SSSR count). The number of carbonyl (C=O) groups is 1. The zero-order valence-corrected chi connectivity index (χ0v) is 12.6. The minimum atomic E-state index is 0.204. The van der Waals surface area contributed by atoms with E-state index in [1.54, 1.807) is 7.11 Å². The minimum Gasteiger partial charge on any atom is -0.496 e. The highest BCUT2D eigenvalue weighted by atomic mass is 16.5. The summed E-state index contributed by atoms with van der Waals surface area (Å²) in [6.45, 7) is 3.70. The van der Waals surface area contributed by atoms with E-state index in [0.717, 1.165) is 42.8 Å². The van der Waals surface area contributed by atoms with Crippen LogP contribution in [0.2, 0.25) is 0 Å². The van der Waals surface area contributed by atoms with E-state index in [2.05, 4.69) is 5.32 Å². The predicted molar refractivity (Wildman–Crippen MR) is 80.1 cm³/mol. The molecule has 1 aromatic carbocycles. The minimum absolute atomic E-state index is 0.204. The summed E-state index contributed by atoms with van der Waals surface area (Å²) in [5.41, 5.74) is 2.11. The number of hydrogen-bond donors (Lipinski definition) is 1. The zero-order valence-electron chi connectivity index (χ0n) is 12.6. The number of hydrogen-bond acceptors (Lipinski definition) is 3. The number of nitrogens with zero attached hydrogens (tertiary/aromatic N) is 1. The molecule has 1 aliphatic rings. The molecule has 110 valence electrons. The van der Waals surface area contributed by atoms with Crippen LogP contribution in [0.3, 0.4) is 0 Å². The van der Waals surface area contributed by atoms with Gasteiger partial charge in [-0.15, -0.1) is 0 Å². The third kappa shape index (κ3) is 3.51. The molecule has 1 aliphatic heterocycles. The Morgan fingerprint density at radius 3 is 3.00 bits per heavy atom. The summed E-state index contributed by atoms with van der Waals surface area (Å²) >= 11 is 0. The molecule has 0 spiro atoms. The monoisotopic (exact) mass is 276 g/mol. The molecule has 1 unspecified atom stereocenters. The summed E-state index contributed by atoms with van der Waals surface area (Å²) in [4.78, 5) is 14.3. The van der Waals surface area contributed by atoms with Gasteiger partial charge in [0.2, 0.25) is 5.91 Å². The fraction of sp³-hybridized carbons (Fsp3) is 0.562.